The van der Waals surface area contributed by atoms with Crippen LogP contribution < -0.4 is 26.4 Å². The summed E-state index contributed by atoms with van der Waals surface area (Å²) in [5.41, 5.74) is 15.6. The number of rotatable bonds is 9. The molecule has 0 aromatic heterocycles. The van der Waals surface area contributed by atoms with Crippen LogP contribution in [0.25, 0.3) is 0 Å². The average Bonchev–Trinajstić information content (AvgIpc) is 2.99. The minimum Gasteiger partial charge on any atom is -0.330 e. The van der Waals surface area contributed by atoms with Crippen LogP contribution >= 0.6 is 36.0 Å². The van der Waals surface area contributed by atoms with E-state index in [0.29, 0.717) is 41.5 Å². The SMILES string of the molecule is C/C=C(/Cl)CN.CC.Cc1cccc(C)c1.NCCCN(S)c1ccc(C(=O)Nc2ccc(Cl)c(NC=O)c2)cc1. The molecule has 3 rings (SSSR count). The van der Waals surface area contributed by atoms with E-state index in [1.807, 2.05) is 32.9 Å². The Hall–Kier alpha value is -3.01. The summed E-state index contributed by atoms with van der Waals surface area (Å²) in [7, 11) is 0. The first kappa shape index (κ1) is 38.0. The van der Waals surface area contributed by atoms with Crippen LogP contribution in [0.15, 0.2) is 77.8 Å². The normalized spacial score (nSPS) is 9.95. The number of allylic oxidation sites excluding steroid dienone is 1. The highest BCUT2D eigenvalue weighted by Gasteiger charge is 2.09. The lowest BCUT2D eigenvalue weighted by Crippen LogP contribution is -2.16. The van der Waals surface area contributed by atoms with E-state index in [2.05, 4.69) is 61.6 Å². The third-order valence-corrected chi connectivity index (χ3v) is 6.26. The highest BCUT2D eigenvalue weighted by molar-refractivity contribution is 7.81. The highest BCUT2D eigenvalue weighted by Crippen LogP contribution is 2.25. The van der Waals surface area contributed by atoms with Crippen LogP contribution in [0.5, 0.6) is 0 Å². The Morgan fingerprint density at radius 3 is 2.05 bits per heavy atom. The first-order chi connectivity index (χ1) is 19.6. The van der Waals surface area contributed by atoms with Crippen molar-refractivity contribution >= 4 is 65.4 Å². The van der Waals surface area contributed by atoms with Gasteiger partial charge in [0, 0.05) is 35.1 Å². The van der Waals surface area contributed by atoms with Crippen molar-refractivity contribution in [3.8, 4) is 0 Å². The van der Waals surface area contributed by atoms with E-state index in [1.165, 1.54) is 11.1 Å². The molecule has 0 saturated carbocycles. The maximum atomic E-state index is 12.3. The Morgan fingerprint density at radius 2 is 1.61 bits per heavy atom. The Balaban J connectivity index is 0.000000814. The van der Waals surface area contributed by atoms with E-state index in [1.54, 1.807) is 40.7 Å². The molecular formula is C31H43Cl2N5O2S. The second-order valence-electron chi connectivity index (χ2n) is 8.32. The van der Waals surface area contributed by atoms with Gasteiger partial charge in [-0.05, 0) is 76.2 Å². The predicted octanol–water partition coefficient (Wildman–Crippen LogP) is 7.58. The molecule has 0 atom stereocenters. The number of hydrogen-bond donors (Lipinski definition) is 5. The van der Waals surface area contributed by atoms with E-state index >= 15 is 0 Å². The molecule has 0 radical (unpaired) electrons. The van der Waals surface area contributed by atoms with Crippen molar-refractivity contribution in [2.75, 3.05) is 34.6 Å². The number of amides is 2. The van der Waals surface area contributed by atoms with E-state index in [4.69, 9.17) is 34.7 Å². The molecule has 0 heterocycles. The Labute approximate surface area is 260 Å². The first-order valence-electron chi connectivity index (χ1n) is 13.3. The second kappa shape index (κ2) is 22.7. The fourth-order valence-corrected chi connectivity index (χ4v) is 3.51. The van der Waals surface area contributed by atoms with Gasteiger partial charge in [0.15, 0.2) is 0 Å². The standard InChI is InChI=1S/C17H19ClN4O2S.C8H10.C4H8ClN.C2H6/c18-15-7-4-13(10-16(15)20-11-23)21-17(24)12-2-5-14(6-3-12)22(25)9-1-8-19;1-7-4-3-5-8(2)6-7;1-2-4(5)3-6;1-2/h2-7,10-11,25H,1,8-9,19H2,(H,20,23)(H,21,24);3-6H,1-2H3;2H,3,6H2,1H3;1-2H3/b;;4-2+;. The van der Waals surface area contributed by atoms with Crippen LogP contribution in [-0.4, -0.2) is 32.0 Å². The van der Waals surface area contributed by atoms with Crippen LogP contribution in [0.1, 0.15) is 48.7 Å². The summed E-state index contributed by atoms with van der Waals surface area (Å²) in [6.07, 6.45) is 3.14. The summed E-state index contributed by atoms with van der Waals surface area (Å²) >= 11 is 15.7. The molecular weight excluding hydrogens is 577 g/mol. The molecule has 7 nitrogen and oxygen atoms in total. The zero-order chi connectivity index (χ0) is 31.2. The molecule has 0 bridgehead atoms. The molecule has 2 amide bonds. The number of nitrogens with zero attached hydrogens (tertiary/aromatic N) is 1. The van der Waals surface area contributed by atoms with Crippen molar-refractivity contribution in [1.29, 1.82) is 0 Å². The van der Waals surface area contributed by atoms with Crippen molar-refractivity contribution in [3.05, 3.63) is 99.6 Å². The molecule has 6 N–H and O–H groups in total. The van der Waals surface area contributed by atoms with Crippen LogP contribution in [0, 0.1) is 13.8 Å². The minimum atomic E-state index is -0.265. The number of halogens is 2. The molecule has 0 aliphatic rings. The third kappa shape index (κ3) is 16.1. The maximum absolute atomic E-state index is 12.3. The number of benzene rings is 3. The predicted molar refractivity (Wildman–Crippen MR) is 181 cm³/mol. The van der Waals surface area contributed by atoms with Gasteiger partial charge in [0.2, 0.25) is 6.41 Å². The molecule has 0 spiro atoms. The van der Waals surface area contributed by atoms with Crippen LogP contribution in [0.3, 0.4) is 0 Å². The number of thiol groups is 1. The minimum absolute atomic E-state index is 0.265. The molecule has 3 aromatic rings. The Bertz CT molecular complexity index is 1190. The van der Waals surface area contributed by atoms with E-state index in [-0.39, 0.29) is 5.91 Å². The summed E-state index contributed by atoms with van der Waals surface area (Å²) in [5.74, 6) is -0.265. The van der Waals surface area contributed by atoms with Crippen LogP contribution in [0.2, 0.25) is 5.02 Å². The second-order valence-corrected chi connectivity index (χ2v) is 9.70. The number of aryl methyl sites for hydroxylation is 2. The molecule has 0 unspecified atom stereocenters. The van der Waals surface area contributed by atoms with Crippen molar-refractivity contribution in [2.24, 2.45) is 11.5 Å². The van der Waals surface area contributed by atoms with Gasteiger partial charge in [-0.1, -0.05) is 91.3 Å². The van der Waals surface area contributed by atoms with Gasteiger partial charge in [-0.15, -0.1) is 0 Å². The monoisotopic (exact) mass is 619 g/mol. The Kier molecular flexibility index (Phi) is 21.0. The van der Waals surface area contributed by atoms with Gasteiger partial charge in [-0.3, -0.25) is 9.59 Å². The average molecular weight is 621 g/mol. The van der Waals surface area contributed by atoms with Gasteiger partial charge in [0.1, 0.15) is 0 Å². The van der Waals surface area contributed by atoms with Crippen molar-refractivity contribution in [2.45, 2.75) is 41.0 Å². The summed E-state index contributed by atoms with van der Waals surface area (Å²) in [4.78, 5) is 22.9. The van der Waals surface area contributed by atoms with Crippen LogP contribution in [-0.2, 0) is 4.79 Å². The molecule has 224 valence electrons. The molecule has 0 aliphatic heterocycles. The summed E-state index contributed by atoms with van der Waals surface area (Å²) in [6, 6.07) is 20.4. The molecule has 0 aliphatic carbocycles. The van der Waals surface area contributed by atoms with Crippen molar-refractivity contribution in [3.63, 3.8) is 0 Å². The summed E-state index contributed by atoms with van der Waals surface area (Å²) in [5, 5.41) is 6.35. The fourth-order valence-electron chi connectivity index (χ4n) is 3.06. The van der Waals surface area contributed by atoms with Gasteiger partial charge >= 0.3 is 0 Å². The molecule has 3 aromatic carbocycles. The zero-order valence-electron chi connectivity index (χ0n) is 24.5. The number of nitrogens with two attached hydrogens (primary N) is 2. The lowest BCUT2D eigenvalue weighted by molar-refractivity contribution is -0.105. The summed E-state index contributed by atoms with van der Waals surface area (Å²) in [6.45, 7) is 11.8. The summed E-state index contributed by atoms with van der Waals surface area (Å²) < 4.78 is 1.78. The van der Waals surface area contributed by atoms with E-state index in [9.17, 15) is 9.59 Å². The third-order valence-electron chi connectivity index (χ3n) is 5.12. The van der Waals surface area contributed by atoms with Gasteiger partial charge in [0.05, 0.1) is 10.7 Å². The number of nitrogens with one attached hydrogen (secondary N) is 2. The Morgan fingerprint density at radius 1 is 1.00 bits per heavy atom. The largest absolute Gasteiger partial charge is 0.330 e. The topological polar surface area (TPSA) is 113 Å². The number of hydrogen-bond acceptors (Lipinski definition) is 6. The first-order valence-corrected chi connectivity index (χ1v) is 14.4. The lowest BCUT2D eigenvalue weighted by Gasteiger charge is -2.17. The molecule has 0 fully saturated rings. The maximum Gasteiger partial charge on any atom is 0.255 e. The van der Waals surface area contributed by atoms with Gasteiger partial charge < -0.3 is 26.4 Å². The molecule has 41 heavy (non-hydrogen) atoms. The number of carbonyl (C=O) groups is 2. The van der Waals surface area contributed by atoms with Crippen LogP contribution in [0.4, 0.5) is 17.1 Å². The van der Waals surface area contributed by atoms with Gasteiger partial charge in [-0.2, -0.15) is 0 Å². The van der Waals surface area contributed by atoms with E-state index in [0.717, 1.165) is 23.7 Å². The molecule has 0 saturated heterocycles. The highest BCUT2D eigenvalue weighted by atomic mass is 35.5. The van der Waals surface area contributed by atoms with Crippen molar-refractivity contribution in [1.82, 2.24) is 0 Å². The van der Waals surface area contributed by atoms with Crippen molar-refractivity contribution < 1.29 is 9.59 Å². The zero-order valence-corrected chi connectivity index (χ0v) is 26.9. The smallest absolute Gasteiger partial charge is 0.255 e. The fraction of sp³-hybridized carbons (Fsp3) is 0.290. The van der Waals surface area contributed by atoms with Gasteiger partial charge in [-0.25, -0.2) is 0 Å². The van der Waals surface area contributed by atoms with Gasteiger partial charge in [0.25, 0.3) is 5.91 Å². The molecule has 10 heteroatoms. The number of carbonyl (C=O) groups excluding carboxylic acids is 2. The lowest BCUT2D eigenvalue weighted by atomic mass is 10.2. The quantitative estimate of drug-likeness (QED) is 0.125. The number of anilines is 3. The van der Waals surface area contributed by atoms with E-state index < -0.39 is 0 Å².